The van der Waals surface area contributed by atoms with E-state index in [-0.39, 0.29) is 41.1 Å². The van der Waals surface area contributed by atoms with Gasteiger partial charge in [-0.15, -0.1) is 0 Å². The molecule has 8 nitrogen and oxygen atoms in total. The lowest BCUT2D eigenvalue weighted by molar-refractivity contribution is -0.118. The highest BCUT2D eigenvalue weighted by atomic mass is 32.2. The van der Waals surface area contributed by atoms with Gasteiger partial charge in [0.1, 0.15) is 12.3 Å². The Kier molecular flexibility index (Phi) is 8.50. The monoisotopic (exact) mass is 523 g/mol. The summed E-state index contributed by atoms with van der Waals surface area (Å²) in [6, 6.07) is 6.22. The topological polar surface area (TPSA) is 107 Å². The van der Waals surface area contributed by atoms with Gasteiger partial charge in [0.05, 0.1) is 35.1 Å². The Balaban J connectivity index is 1.47. The summed E-state index contributed by atoms with van der Waals surface area (Å²) in [4.78, 5) is 21.8. The predicted octanol–water partition coefficient (Wildman–Crippen LogP) is 4.03. The first-order valence-electron chi connectivity index (χ1n) is 12.1. The summed E-state index contributed by atoms with van der Waals surface area (Å²) in [7, 11) is -1.76. The number of methoxy groups -OCH3 is 1. The molecule has 1 heterocycles. The molecule has 2 aliphatic rings. The molecule has 1 N–H and O–H groups in total. The highest BCUT2D eigenvalue weighted by molar-refractivity contribution is 7.92. The molecular weight excluding hydrogens is 492 g/mol. The number of benzene rings is 1. The maximum absolute atomic E-state index is 13.8. The minimum absolute atomic E-state index is 0.0496. The van der Waals surface area contributed by atoms with Crippen molar-refractivity contribution in [1.29, 1.82) is 0 Å². The fraction of sp³-hybridized carbons (Fsp3) is 0.560. The van der Waals surface area contributed by atoms with E-state index in [1.54, 1.807) is 19.2 Å². The number of alkyl halides is 2. The molecule has 1 unspecified atom stereocenters. The molecule has 11 heteroatoms. The van der Waals surface area contributed by atoms with Crippen molar-refractivity contribution in [1.82, 2.24) is 9.97 Å². The van der Waals surface area contributed by atoms with E-state index in [1.807, 2.05) is 0 Å². The zero-order valence-corrected chi connectivity index (χ0v) is 20.9. The van der Waals surface area contributed by atoms with Crippen LogP contribution in [0, 0.1) is 5.92 Å². The molecule has 2 aliphatic carbocycles. The van der Waals surface area contributed by atoms with Crippen LogP contribution in [0.25, 0.3) is 0 Å². The fourth-order valence-corrected chi connectivity index (χ4v) is 6.11. The van der Waals surface area contributed by atoms with E-state index in [1.165, 1.54) is 24.5 Å². The van der Waals surface area contributed by atoms with Crippen molar-refractivity contribution >= 4 is 21.6 Å². The van der Waals surface area contributed by atoms with Gasteiger partial charge in [0.15, 0.2) is 15.7 Å². The molecule has 36 heavy (non-hydrogen) atoms. The first kappa shape index (κ1) is 26.4. The molecule has 1 aromatic carbocycles. The fourth-order valence-electron chi connectivity index (χ4n) is 4.46. The van der Waals surface area contributed by atoms with Gasteiger partial charge in [-0.25, -0.2) is 27.2 Å². The largest absolute Gasteiger partial charge is 0.476 e. The number of carbonyl (C=O) groups is 1. The van der Waals surface area contributed by atoms with Crippen molar-refractivity contribution in [3.05, 3.63) is 42.2 Å². The van der Waals surface area contributed by atoms with Crippen LogP contribution in [-0.2, 0) is 19.4 Å². The Hall–Kier alpha value is -2.66. The molecule has 2 aromatic rings. The van der Waals surface area contributed by atoms with Crippen molar-refractivity contribution in [2.75, 3.05) is 25.6 Å². The van der Waals surface area contributed by atoms with Crippen LogP contribution in [0.2, 0.25) is 0 Å². The predicted molar refractivity (Wildman–Crippen MR) is 129 cm³/mol. The second-order valence-electron chi connectivity index (χ2n) is 9.40. The van der Waals surface area contributed by atoms with Crippen LogP contribution in [0.4, 0.5) is 14.6 Å². The summed E-state index contributed by atoms with van der Waals surface area (Å²) in [5.74, 6) is -0.942. The van der Waals surface area contributed by atoms with Crippen molar-refractivity contribution in [2.24, 2.45) is 5.92 Å². The molecule has 1 aromatic heterocycles. The SMILES string of the molecule is COCCCOc1cnc(NC(=O)[C@H](CC2C[C@@H](F)[C@@H](F)C2)c2ccc(S(=O)(=O)C3CC3)cc2)cn1. The van der Waals surface area contributed by atoms with E-state index in [0.717, 1.165) is 0 Å². The number of amides is 1. The molecule has 0 aliphatic heterocycles. The normalized spacial score (nSPS) is 22.8. The molecule has 2 saturated carbocycles. The lowest BCUT2D eigenvalue weighted by atomic mass is 9.87. The Morgan fingerprint density at radius 1 is 1.08 bits per heavy atom. The number of sulfone groups is 1. The van der Waals surface area contributed by atoms with Gasteiger partial charge in [-0.2, -0.15) is 0 Å². The van der Waals surface area contributed by atoms with Crippen LogP contribution in [-0.4, -0.2) is 62.2 Å². The third-order valence-electron chi connectivity index (χ3n) is 6.59. The molecule has 0 radical (unpaired) electrons. The number of nitrogens with one attached hydrogen (secondary N) is 1. The Labute approximate surface area is 209 Å². The first-order chi connectivity index (χ1) is 17.3. The average Bonchev–Trinajstić information content (AvgIpc) is 3.68. The highest BCUT2D eigenvalue weighted by Crippen LogP contribution is 2.39. The summed E-state index contributed by atoms with van der Waals surface area (Å²) >= 11 is 0. The van der Waals surface area contributed by atoms with Gasteiger partial charge in [0, 0.05) is 20.1 Å². The molecule has 4 atom stereocenters. The lowest BCUT2D eigenvalue weighted by Gasteiger charge is -2.20. The van der Waals surface area contributed by atoms with Gasteiger partial charge in [-0.05, 0) is 55.7 Å². The zero-order chi connectivity index (χ0) is 25.7. The number of anilines is 1. The highest BCUT2D eigenvalue weighted by Gasteiger charge is 2.38. The number of ether oxygens (including phenoxy) is 2. The second-order valence-corrected chi connectivity index (χ2v) is 11.6. The second kappa shape index (κ2) is 11.6. The molecule has 196 valence electrons. The molecule has 0 spiro atoms. The quantitative estimate of drug-likeness (QED) is 0.419. The number of halogens is 2. The molecular formula is C25H31F2N3O5S. The maximum Gasteiger partial charge on any atom is 0.233 e. The van der Waals surface area contributed by atoms with Crippen molar-refractivity contribution in [3.63, 3.8) is 0 Å². The van der Waals surface area contributed by atoms with E-state index in [0.29, 0.717) is 43.9 Å². The van der Waals surface area contributed by atoms with Gasteiger partial charge in [0.2, 0.25) is 11.8 Å². The van der Waals surface area contributed by atoms with Gasteiger partial charge in [-0.3, -0.25) is 4.79 Å². The van der Waals surface area contributed by atoms with Gasteiger partial charge < -0.3 is 14.8 Å². The van der Waals surface area contributed by atoms with Gasteiger partial charge in [0.25, 0.3) is 0 Å². The van der Waals surface area contributed by atoms with Crippen LogP contribution in [0.3, 0.4) is 0 Å². The smallest absolute Gasteiger partial charge is 0.233 e. The maximum atomic E-state index is 13.8. The van der Waals surface area contributed by atoms with E-state index >= 15 is 0 Å². The number of carbonyl (C=O) groups excluding carboxylic acids is 1. The Morgan fingerprint density at radius 2 is 1.78 bits per heavy atom. The van der Waals surface area contributed by atoms with E-state index in [9.17, 15) is 22.0 Å². The zero-order valence-electron chi connectivity index (χ0n) is 20.1. The number of hydrogen-bond donors (Lipinski definition) is 1. The summed E-state index contributed by atoms with van der Waals surface area (Å²) in [5, 5.41) is 2.38. The minimum Gasteiger partial charge on any atom is -0.476 e. The minimum atomic E-state index is -3.37. The summed E-state index contributed by atoms with van der Waals surface area (Å²) in [5.41, 5.74) is 0.575. The standard InChI is InChI=1S/C25H31F2N3O5S/c1-34-9-2-10-35-24-15-28-23(14-29-24)30-25(31)20(11-16-12-21(26)22(27)13-16)17-3-5-18(6-4-17)36(32,33)19-7-8-19/h3-6,14-16,19-22H,2,7-13H2,1H3,(H,28,30,31)/t16?,20-,21-,22+/m1/s1. The number of rotatable bonds is 12. The summed E-state index contributed by atoms with van der Waals surface area (Å²) in [6.45, 7) is 0.971. The van der Waals surface area contributed by atoms with Crippen LogP contribution in [0.1, 0.15) is 50.0 Å². The molecule has 1 amide bonds. The van der Waals surface area contributed by atoms with Crippen LogP contribution < -0.4 is 10.1 Å². The third kappa shape index (κ3) is 6.56. The van der Waals surface area contributed by atoms with E-state index in [4.69, 9.17) is 9.47 Å². The van der Waals surface area contributed by atoms with Crippen LogP contribution in [0.5, 0.6) is 5.88 Å². The number of aromatic nitrogens is 2. The van der Waals surface area contributed by atoms with Crippen LogP contribution in [0.15, 0.2) is 41.6 Å². The molecule has 0 saturated heterocycles. The van der Waals surface area contributed by atoms with E-state index in [2.05, 4.69) is 15.3 Å². The van der Waals surface area contributed by atoms with Crippen molar-refractivity contribution in [2.45, 2.75) is 66.9 Å². The van der Waals surface area contributed by atoms with Crippen LogP contribution >= 0.6 is 0 Å². The van der Waals surface area contributed by atoms with Crippen molar-refractivity contribution < 1.29 is 31.5 Å². The Morgan fingerprint density at radius 3 is 2.36 bits per heavy atom. The summed E-state index contributed by atoms with van der Waals surface area (Å²) < 4.78 is 63.1. The molecule has 4 rings (SSSR count). The number of nitrogens with zero attached hydrogens (tertiary/aromatic N) is 2. The first-order valence-corrected chi connectivity index (χ1v) is 13.7. The number of hydrogen-bond acceptors (Lipinski definition) is 7. The molecule has 2 fully saturated rings. The Bertz CT molecular complexity index is 1120. The average molecular weight is 524 g/mol. The lowest BCUT2D eigenvalue weighted by Crippen LogP contribution is -2.24. The van der Waals surface area contributed by atoms with Gasteiger partial charge in [-0.1, -0.05) is 12.1 Å². The van der Waals surface area contributed by atoms with Crippen molar-refractivity contribution in [3.8, 4) is 5.88 Å². The summed E-state index contributed by atoms with van der Waals surface area (Å²) in [6.07, 6.45) is 2.04. The van der Waals surface area contributed by atoms with E-state index < -0.39 is 34.0 Å². The molecule has 0 bridgehead atoms. The van der Waals surface area contributed by atoms with Gasteiger partial charge >= 0.3 is 0 Å². The third-order valence-corrected chi connectivity index (χ3v) is 8.87.